The maximum Gasteiger partial charge on any atom is 0.276 e. The van der Waals surface area contributed by atoms with E-state index < -0.39 is 6.04 Å². The van der Waals surface area contributed by atoms with Crippen LogP contribution in [0.3, 0.4) is 0 Å². The fraction of sp³-hybridized carbons (Fsp3) is 0.160. The molecule has 2 heterocycles. The Bertz CT molecular complexity index is 1310. The van der Waals surface area contributed by atoms with Gasteiger partial charge in [-0.2, -0.15) is 0 Å². The topological polar surface area (TPSA) is 63.9 Å². The highest BCUT2D eigenvalue weighted by atomic mass is 16.5. The smallest absolute Gasteiger partial charge is 0.276 e. The van der Waals surface area contributed by atoms with Gasteiger partial charge in [0.2, 0.25) is 0 Å². The lowest BCUT2D eigenvalue weighted by Gasteiger charge is -2.27. The number of phenols is 1. The molecule has 1 aliphatic rings. The lowest BCUT2D eigenvalue weighted by Crippen LogP contribution is -2.29. The van der Waals surface area contributed by atoms with Gasteiger partial charge in [-0.3, -0.25) is 9.69 Å². The predicted octanol–water partition coefficient (Wildman–Crippen LogP) is 4.65. The van der Waals surface area contributed by atoms with Crippen molar-refractivity contribution in [2.45, 2.75) is 6.04 Å². The van der Waals surface area contributed by atoms with Crippen molar-refractivity contribution in [1.29, 1.82) is 0 Å². The van der Waals surface area contributed by atoms with Crippen LogP contribution in [0.2, 0.25) is 0 Å². The maximum atomic E-state index is 13.8. The molecule has 1 atom stereocenters. The van der Waals surface area contributed by atoms with Crippen LogP contribution in [0, 0.1) is 0 Å². The minimum Gasteiger partial charge on any atom is -0.508 e. The first-order valence-electron chi connectivity index (χ1n) is 9.97. The first-order valence-corrected chi connectivity index (χ1v) is 9.97. The molecule has 5 rings (SSSR count). The summed E-state index contributed by atoms with van der Waals surface area (Å²) < 4.78 is 12.6. The summed E-state index contributed by atoms with van der Waals surface area (Å²) in [5.74, 6) is 1.31. The molecule has 0 radical (unpaired) electrons. The molecular formula is C25H22N2O4. The summed E-state index contributed by atoms with van der Waals surface area (Å²) in [5.41, 5.74) is 3.80. The molecule has 3 aromatic carbocycles. The molecule has 0 aliphatic carbocycles. The van der Waals surface area contributed by atoms with Gasteiger partial charge in [0.05, 0.1) is 20.3 Å². The van der Waals surface area contributed by atoms with Gasteiger partial charge in [-0.15, -0.1) is 0 Å². The van der Waals surface area contributed by atoms with E-state index in [2.05, 4.69) is 0 Å². The molecule has 1 aromatic heterocycles. The summed E-state index contributed by atoms with van der Waals surface area (Å²) in [5, 5.41) is 11.8. The molecule has 1 amide bonds. The van der Waals surface area contributed by atoms with Crippen molar-refractivity contribution < 1.29 is 19.4 Å². The second kappa shape index (κ2) is 7.09. The summed E-state index contributed by atoms with van der Waals surface area (Å²) in [6.45, 7) is 0. The molecule has 31 heavy (non-hydrogen) atoms. The van der Waals surface area contributed by atoms with Crippen LogP contribution in [0.4, 0.5) is 5.69 Å². The van der Waals surface area contributed by atoms with Gasteiger partial charge in [0.1, 0.15) is 22.9 Å². The third kappa shape index (κ3) is 2.75. The van der Waals surface area contributed by atoms with E-state index in [9.17, 15) is 9.90 Å². The second-order valence-electron chi connectivity index (χ2n) is 7.54. The molecule has 6 heteroatoms. The Kier molecular flexibility index (Phi) is 4.36. The Labute approximate surface area is 179 Å². The number of hydrogen-bond acceptors (Lipinski definition) is 4. The largest absolute Gasteiger partial charge is 0.508 e. The van der Waals surface area contributed by atoms with E-state index in [-0.39, 0.29) is 11.7 Å². The van der Waals surface area contributed by atoms with E-state index in [1.807, 2.05) is 60.1 Å². The van der Waals surface area contributed by atoms with Crippen LogP contribution in [-0.4, -0.2) is 29.8 Å². The molecule has 0 saturated heterocycles. The van der Waals surface area contributed by atoms with Gasteiger partial charge in [-0.25, -0.2) is 0 Å². The molecule has 0 saturated carbocycles. The number of para-hydroxylation sites is 1. The number of ether oxygens (including phenoxy) is 2. The van der Waals surface area contributed by atoms with Crippen molar-refractivity contribution in [3.8, 4) is 17.2 Å². The Hall–Kier alpha value is -3.93. The quantitative estimate of drug-likeness (QED) is 0.528. The molecule has 4 aromatic rings. The number of carbonyl (C=O) groups excluding carboxylic acids is 1. The predicted molar refractivity (Wildman–Crippen MR) is 119 cm³/mol. The highest BCUT2D eigenvalue weighted by Gasteiger charge is 2.44. The summed E-state index contributed by atoms with van der Waals surface area (Å²) in [4.78, 5) is 15.5. The molecule has 0 spiro atoms. The van der Waals surface area contributed by atoms with Crippen molar-refractivity contribution >= 4 is 22.5 Å². The number of aryl methyl sites for hydroxylation is 1. The van der Waals surface area contributed by atoms with E-state index in [0.29, 0.717) is 22.8 Å². The number of phenolic OH excluding ortho intramolecular Hbond substituents is 1. The zero-order valence-electron chi connectivity index (χ0n) is 17.5. The average Bonchev–Trinajstić information content (AvgIpc) is 3.27. The lowest BCUT2D eigenvalue weighted by molar-refractivity contribution is 0.0986. The van der Waals surface area contributed by atoms with E-state index in [4.69, 9.17) is 9.47 Å². The van der Waals surface area contributed by atoms with E-state index in [1.165, 1.54) is 0 Å². The van der Waals surface area contributed by atoms with Crippen molar-refractivity contribution in [1.82, 2.24) is 4.57 Å². The highest BCUT2D eigenvalue weighted by Crippen LogP contribution is 2.48. The van der Waals surface area contributed by atoms with Crippen LogP contribution >= 0.6 is 0 Å². The van der Waals surface area contributed by atoms with Crippen LogP contribution in [0.1, 0.15) is 27.7 Å². The van der Waals surface area contributed by atoms with Crippen LogP contribution in [0.5, 0.6) is 17.2 Å². The number of aromatic nitrogens is 1. The maximum absolute atomic E-state index is 13.8. The van der Waals surface area contributed by atoms with Gasteiger partial charge in [0.15, 0.2) is 0 Å². The average molecular weight is 414 g/mol. The lowest BCUT2D eigenvalue weighted by atomic mass is 9.96. The molecule has 0 bridgehead atoms. The van der Waals surface area contributed by atoms with Crippen LogP contribution in [0.15, 0.2) is 66.7 Å². The number of carbonyl (C=O) groups is 1. The number of nitrogens with zero attached hydrogens (tertiary/aromatic N) is 2. The summed E-state index contributed by atoms with van der Waals surface area (Å²) in [7, 11) is 5.09. The Morgan fingerprint density at radius 2 is 1.58 bits per heavy atom. The minimum absolute atomic E-state index is 0.109. The summed E-state index contributed by atoms with van der Waals surface area (Å²) >= 11 is 0. The number of aromatic hydroxyl groups is 1. The third-order valence-corrected chi connectivity index (χ3v) is 5.98. The standard InChI is InChI=1S/C25H22N2O4/c1-26-20-7-5-4-6-18(20)22-23(19-14-17(31-3)12-13-21(19)28)27(25(29)24(22)26)15-8-10-16(30-2)11-9-15/h4-14,23,28H,1-3H3. The fourth-order valence-corrected chi connectivity index (χ4v) is 4.50. The monoisotopic (exact) mass is 414 g/mol. The molecule has 156 valence electrons. The second-order valence-corrected chi connectivity index (χ2v) is 7.54. The van der Waals surface area contributed by atoms with Gasteiger partial charge in [-0.05, 0) is 48.5 Å². The number of hydrogen-bond donors (Lipinski definition) is 1. The molecule has 0 fully saturated rings. The van der Waals surface area contributed by atoms with Gasteiger partial charge in [-0.1, -0.05) is 18.2 Å². The molecular weight excluding hydrogens is 392 g/mol. The third-order valence-electron chi connectivity index (χ3n) is 5.98. The Balaban J connectivity index is 1.80. The van der Waals surface area contributed by atoms with Crippen molar-refractivity contribution in [3.05, 3.63) is 83.6 Å². The zero-order chi connectivity index (χ0) is 21.7. The summed E-state index contributed by atoms with van der Waals surface area (Å²) in [6.07, 6.45) is 0. The molecule has 1 aliphatic heterocycles. The first-order chi connectivity index (χ1) is 15.0. The molecule has 6 nitrogen and oxygen atoms in total. The number of anilines is 1. The number of methoxy groups -OCH3 is 2. The van der Waals surface area contributed by atoms with Crippen LogP contribution < -0.4 is 14.4 Å². The SMILES string of the molecule is COc1ccc(N2C(=O)c3c(c4ccccc4n3C)C2c2cc(OC)ccc2O)cc1. The van der Waals surface area contributed by atoms with Crippen molar-refractivity contribution in [2.75, 3.05) is 19.1 Å². The van der Waals surface area contributed by atoms with E-state index in [0.717, 1.165) is 22.2 Å². The van der Waals surface area contributed by atoms with Gasteiger partial charge in [0.25, 0.3) is 5.91 Å². The van der Waals surface area contributed by atoms with Crippen molar-refractivity contribution in [2.24, 2.45) is 7.05 Å². The first kappa shape index (κ1) is 19.1. The highest BCUT2D eigenvalue weighted by molar-refractivity contribution is 6.15. The van der Waals surface area contributed by atoms with Crippen LogP contribution in [-0.2, 0) is 7.05 Å². The Morgan fingerprint density at radius 1 is 0.903 bits per heavy atom. The van der Waals surface area contributed by atoms with Gasteiger partial charge < -0.3 is 19.1 Å². The van der Waals surface area contributed by atoms with Crippen LogP contribution in [0.25, 0.3) is 10.9 Å². The Morgan fingerprint density at radius 3 is 2.29 bits per heavy atom. The summed E-state index contributed by atoms with van der Waals surface area (Å²) in [6, 6.07) is 19.9. The molecule has 1 N–H and O–H groups in total. The number of amides is 1. The number of fused-ring (bicyclic) bond motifs is 3. The molecule has 1 unspecified atom stereocenters. The normalized spacial score (nSPS) is 15.4. The van der Waals surface area contributed by atoms with Gasteiger partial charge >= 0.3 is 0 Å². The number of benzene rings is 3. The number of rotatable bonds is 4. The van der Waals surface area contributed by atoms with Gasteiger partial charge in [0, 0.05) is 34.8 Å². The zero-order valence-corrected chi connectivity index (χ0v) is 17.5. The minimum atomic E-state index is -0.503. The van der Waals surface area contributed by atoms with E-state index in [1.54, 1.807) is 37.3 Å². The van der Waals surface area contributed by atoms with E-state index >= 15 is 0 Å². The fourth-order valence-electron chi connectivity index (χ4n) is 4.50. The van der Waals surface area contributed by atoms with Crippen molar-refractivity contribution in [3.63, 3.8) is 0 Å².